The van der Waals surface area contributed by atoms with E-state index in [1.807, 2.05) is 46.8 Å². The minimum atomic E-state index is -0.221. The molecular weight excluding hydrogens is 214 g/mol. The van der Waals surface area contributed by atoms with Crippen LogP contribution in [-0.2, 0) is 0 Å². The molecule has 0 saturated carbocycles. The predicted molar refractivity (Wildman–Crippen MR) is 69.4 cm³/mol. The Kier molecular flexibility index (Phi) is 4.16. The van der Waals surface area contributed by atoms with E-state index in [1.54, 1.807) is 12.1 Å². The zero-order valence-corrected chi connectivity index (χ0v) is 11.2. The Morgan fingerprint density at radius 2 is 1.71 bits per heavy atom. The van der Waals surface area contributed by atoms with E-state index in [0.717, 1.165) is 5.75 Å². The molecule has 0 atom stereocenters. The monoisotopic (exact) mass is 235 g/mol. The van der Waals surface area contributed by atoms with Crippen molar-refractivity contribution in [2.75, 3.05) is 0 Å². The van der Waals surface area contributed by atoms with E-state index < -0.39 is 0 Å². The molecule has 0 radical (unpaired) electrons. The lowest BCUT2D eigenvalue weighted by atomic mass is 10.1. The molecule has 0 spiro atoms. The molecule has 1 rings (SSSR count). The molecular formula is C14H21NO2. The van der Waals surface area contributed by atoms with Gasteiger partial charge >= 0.3 is 0 Å². The van der Waals surface area contributed by atoms with E-state index in [9.17, 15) is 4.79 Å². The van der Waals surface area contributed by atoms with Crippen molar-refractivity contribution < 1.29 is 9.53 Å². The Bertz CT molecular complexity index is 374. The number of carbonyl (C=O) groups is 1. The summed E-state index contributed by atoms with van der Waals surface area (Å²) in [6.07, 6.45) is 0. The highest BCUT2D eigenvalue weighted by Gasteiger charge is 2.12. The van der Waals surface area contributed by atoms with Crippen LogP contribution >= 0.6 is 0 Å². The quantitative estimate of drug-likeness (QED) is 0.874. The molecule has 0 fully saturated rings. The van der Waals surface area contributed by atoms with Crippen molar-refractivity contribution in [3.05, 3.63) is 29.8 Å². The molecule has 0 unspecified atom stereocenters. The zero-order chi connectivity index (χ0) is 13.1. The summed E-state index contributed by atoms with van der Waals surface area (Å²) < 4.78 is 5.69. The van der Waals surface area contributed by atoms with Gasteiger partial charge in [0.15, 0.2) is 0 Å². The molecule has 0 aliphatic rings. The van der Waals surface area contributed by atoms with Gasteiger partial charge in [0, 0.05) is 11.6 Å². The summed E-state index contributed by atoms with van der Waals surface area (Å²) in [4.78, 5) is 11.7. The largest absolute Gasteiger partial charge is 0.488 e. The van der Waals surface area contributed by atoms with Crippen molar-refractivity contribution in [1.82, 2.24) is 5.32 Å². The van der Waals surface area contributed by atoms with Crippen LogP contribution in [0, 0.1) is 0 Å². The molecule has 17 heavy (non-hydrogen) atoms. The molecule has 0 heterocycles. The van der Waals surface area contributed by atoms with Crippen LogP contribution in [0.5, 0.6) is 5.75 Å². The Labute approximate surface area is 103 Å². The second-order valence-corrected chi connectivity index (χ2v) is 5.37. The van der Waals surface area contributed by atoms with Gasteiger partial charge in [-0.3, -0.25) is 4.79 Å². The van der Waals surface area contributed by atoms with E-state index in [-0.39, 0.29) is 17.6 Å². The van der Waals surface area contributed by atoms with Crippen molar-refractivity contribution in [3.8, 4) is 5.75 Å². The fourth-order valence-electron chi connectivity index (χ4n) is 1.37. The van der Waals surface area contributed by atoms with Crippen molar-refractivity contribution in [2.45, 2.75) is 46.3 Å². The number of hydrogen-bond acceptors (Lipinski definition) is 2. The Balaban J connectivity index is 2.71. The first kappa shape index (κ1) is 13.6. The van der Waals surface area contributed by atoms with E-state index in [0.29, 0.717) is 5.56 Å². The third kappa shape index (κ3) is 4.89. The third-order valence-corrected chi connectivity index (χ3v) is 1.96. The smallest absolute Gasteiger partial charge is 0.251 e. The number of carbonyl (C=O) groups excluding carboxylic acids is 1. The maximum absolute atomic E-state index is 11.7. The lowest BCUT2D eigenvalue weighted by Gasteiger charge is -2.21. The molecule has 0 aromatic heterocycles. The highest BCUT2D eigenvalue weighted by atomic mass is 16.5. The van der Waals surface area contributed by atoms with Gasteiger partial charge in [-0.1, -0.05) is 0 Å². The topological polar surface area (TPSA) is 38.3 Å². The van der Waals surface area contributed by atoms with Gasteiger partial charge < -0.3 is 10.1 Å². The van der Waals surface area contributed by atoms with Crippen molar-refractivity contribution in [1.29, 1.82) is 0 Å². The third-order valence-electron chi connectivity index (χ3n) is 1.96. The lowest BCUT2D eigenvalue weighted by molar-refractivity contribution is 0.0943. The lowest BCUT2D eigenvalue weighted by Crippen LogP contribution is -2.30. The summed E-state index contributed by atoms with van der Waals surface area (Å²) in [5.74, 6) is 0.723. The normalized spacial score (nSPS) is 11.4. The number of hydrogen-bond donors (Lipinski definition) is 1. The fourth-order valence-corrected chi connectivity index (χ4v) is 1.37. The Morgan fingerprint density at radius 3 is 2.12 bits per heavy atom. The average molecular weight is 235 g/mol. The SMILES string of the molecule is CC(C)NC(=O)c1ccc(OC(C)(C)C)cc1. The molecule has 3 heteroatoms. The van der Waals surface area contributed by atoms with E-state index in [1.165, 1.54) is 0 Å². The molecule has 3 nitrogen and oxygen atoms in total. The van der Waals surface area contributed by atoms with Crippen LogP contribution in [0.3, 0.4) is 0 Å². The fraction of sp³-hybridized carbons (Fsp3) is 0.500. The van der Waals surface area contributed by atoms with Crippen LogP contribution in [0.2, 0.25) is 0 Å². The van der Waals surface area contributed by atoms with Crippen LogP contribution in [0.4, 0.5) is 0 Å². The molecule has 0 aliphatic heterocycles. The molecule has 1 aromatic rings. The van der Waals surface area contributed by atoms with Gasteiger partial charge in [0.1, 0.15) is 11.4 Å². The number of rotatable bonds is 3. The van der Waals surface area contributed by atoms with Crippen molar-refractivity contribution in [3.63, 3.8) is 0 Å². The van der Waals surface area contributed by atoms with Gasteiger partial charge in [-0.15, -0.1) is 0 Å². The van der Waals surface area contributed by atoms with E-state index in [2.05, 4.69) is 5.32 Å². The van der Waals surface area contributed by atoms with Gasteiger partial charge in [-0.05, 0) is 58.9 Å². The molecule has 94 valence electrons. The summed E-state index contributed by atoms with van der Waals surface area (Å²) in [5.41, 5.74) is 0.432. The summed E-state index contributed by atoms with van der Waals surface area (Å²) >= 11 is 0. The highest BCUT2D eigenvalue weighted by molar-refractivity contribution is 5.94. The predicted octanol–water partition coefficient (Wildman–Crippen LogP) is 3.00. The van der Waals surface area contributed by atoms with Crippen molar-refractivity contribution in [2.24, 2.45) is 0 Å². The summed E-state index contributed by atoms with van der Waals surface area (Å²) in [5, 5.41) is 2.85. The molecule has 1 aromatic carbocycles. The van der Waals surface area contributed by atoms with Crippen LogP contribution in [0.25, 0.3) is 0 Å². The molecule has 0 aliphatic carbocycles. The van der Waals surface area contributed by atoms with Gasteiger partial charge in [-0.25, -0.2) is 0 Å². The number of nitrogens with one attached hydrogen (secondary N) is 1. The van der Waals surface area contributed by atoms with Crippen LogP contribution < -0.4 is 10.1 Å². The maximum atomic E-state index is 11.7. The average Bonchev–Trinajstić information content (AvgIpc) is 2.15. The number of ether oxygens (including phenoxy) is 1. The first-order valence-electron chi connectivity index (χ1n) is 5.88. The molecule has 1 N–H and O–H groups in total. The molecule has 0 bridgehead atoms. The highest BCUT2D eigenvalue weighted by Crippen LogP contribution is 2.18. The van der Waals surface area contributed by atoms with Crippen LogP contribution in [0.1, 0.15) is 45.0 Å². The zero-order valence-electron chi connectivity index (χ0n) is 11.2. The summed E-state index contributed by atoms with van der Waals surface area (Å²) in [6, 6.07) is 7.34. The molecule has 1 amide bonds. The van der Waals surface area contributed by atoms with Crippen molar-refractivity contribution >= 4 is 5.91 Å². The van der Waals surface area contributed by atoms with Gasteiger partial charge in [-0.2, -0.15) is 0 Å². The van der Waals surface area contributed by atoms with Crippen LogP contribution in [0.15, 0.2) is 24.3 Å². The summed E-state index contributed by atoms with van der Waals surface area (Å²) in [7, 11) is 0. The second kappa shape index (κ2) is 5.21. The minimum absolute atomic E-state index is 0.0534. The van der Waals surface area contributed by atoms with Gasteiger partial charge in [0.05, 0.1) is 0 Å². The number of amides is 1. The van der Waals surface area contributed by atoms with Gasteiger partial charge in [0.2, 0.25) is 0 Å². The van der Waals surface area contributed by atoms with Crippen LogP contribution in [-0.4, -0.2) is 17.6 Å². The standard InChI is InChI=1S/C14H21NO2/c1-10(2)15-13(16)11-6-8-12(9-7-11)17-14(3,4)5/h6-10H,1-5H3,(H,15,16). The minimum Gasteiger partial charge on any atom is -0.488 e. The maximum Gasteiger partial charge on any atom is 0.251 e. The van der Waals surface area contributed by atoms with E-state index in [4.69, 9.17) is 4.74 Å². The summed E-state index contributed by atoms with van der Waals surface area (Å²) in [6.45, 7) is 9.86. The second-order valence-electron chi connectivity index (χ2n) is 5.37. The Morgan fingerprint density at radius 1 is 1.18 bits per heavy atom. The first-order valence-corrected chi connectivity index (χ1v) is 5.88. The first-order chi connectivity index (χ1) is 7.78. The van der Waals surface area contributed by atoms with Gasteiger partial charge in [0.25, 0.3) is 5.91 Å². The number of benzene rings is 1. The molecule has 0 saturated heterocycles. The Hall–Kier alpha value is -1.51. The van der Waals surface area contributed by atoms with E-state index >= 15 is 0 Å².